The van der Waals surface area contributed by atoms with Crippen LogP contribution in [0.3, 0.4) is 0 Å². The first-order valence-electron chi connectivity index (χ1n) is 6.79. The highest BCUT2D eigenvalue weighted by molar-refractivity contribution is 9.09. The van der Waals surface area contributed by atoms with Crippen LogP contribution in [-0.4, -0.2) is 21.7 Å². The lowest BCUT2D eigenvalue weighted by Gasteiger charge is -2.36. The molecule has 1 N–H and O–H groups in total. The number of amides is 1. The van der Waals surface area contributed by atoms with E-state index in [4.69, 9.17) is 0 Å². The van der Waals surface area contributed by atoms with Crippen LogP contribution in [0, 0.1) is 15.9 Å². The first-order chi connectivity index (χ1) is 9.96. The molecule has 0 bridgehead atoms. The summed E-state index contributed by atoms with van der Waals surface area (Å²) in [5.41, 5.74) is -0.791. The van der Waals surface area contributed by atoms with E-state index >= 15 is 0 Å². The molecule has 1 aliphatic carbocycles. The number of carbonyl (C=O) groups is 1. The average Bonchev–Trinajstić information content (AvgIpc) is 2.47. The van der Waals surface area contributed by atoms with Gasteiger partial charge in [-0.15, -0.1) is 0 Å². The van der Waals surface area contributed by atoms with Crippen LogP contribution in [0.2, 0.25) is 0 Å². The van der Waals surface area contributed by atoms with Gasteiger partial charge in [0.2, 0.25) is 0 Å². The second-order valence-corrected chi connectivity index (χ2v) is 5.94. The van der Waals surface area contributed by atoms with Crippen LogP contribution in [0.25, 0.3) is 0 Å². The van der Waals surface area contributed by atoms with E-state index in [2.05, 4.69) is 21.2 Å². The van der Waals surface area contributed by atoms with Gasteiger partial charge in [0.05, 0.1) is 16.5 Å². The first-order valence-corrected chi connectivity index (χ1v) is 7.91. The van der Waals surface area contributed by atoms with Gasteiger partial charge in [-0.3, -0.25) is 14.9 Å². The highest BCUT2D eigenvalue weighted by atomic mass is 79.9. The zero-order valence-corrected chi connectivity index (χ0v) is 13.0. The SMILES string of the molecule is O=C(NC1(CBr)CCCCC1)c1cc(F)cc([N+](=O)[O-])c1. The molecule has 1 aliphatic rings. The Kier molecular flexibility index (Phi) is 4.92. The van der Waals surface area contributed by atoms with Crippen molar-refractivity contribution in [1.29, 1.82) is 0 Å². The molecule has 0 saturated heterocycles. The van der Waals surface area contributed by atoms with E-state index in [0.29, 0.717) is 5.33 Å². The van der Waals surface area contributed by atoms with Gasteiger partial charge in [0, 0.05) is 17.0 Å². The van der Waals surface area contributed by atoms with E-state index in [9.17, 15) is 19.3 Å². The summed E-state index contributed by atoms with van der Waals surface area (Å²) in [5.74, 6) is -1.26. The monoisotopic (exact) mass is 358 g/mol. The standard InChI is InChI=1S/C14H16BrFN2O3/c15-9-14(4-2-1-3-5-14)17-13(19)10-6-11(16)8-12(7-10)18(20)21/h6-8H,1-5,9H2,(H,17,19). The van der Waals surface area contributed by atoms with Gasteiger partial charge in [0.1, 0.15) is 5.82 Å². The van der Waals surface area contributed by atoms with E-state index in [1.165, 1.54) is 0 Å². The molecule has 0 heterocycles. The van der Waals surface area contributed by atoms with Gasteiger partial charge in [-0.1, -0.05) is 35.2 Å². The fourth-order valence-electron chi connectivity index (χ4n) is 2.64. The van der Waals surface area contributed by atoms with Crippen LogP contribution in [0.5, 0.6) is 0 Å². The normalized spacial score (nSPS) is 17.2. The lowest BCUT2D eigenvalue weighted by Crippen LogP contribution is -2.51. The summed E-state index contributed by atoms with van der Waals surface area (Å²) in [6.45, 7) is 0. The second-order valence-electron chi connectivity index (χ2n) is 5.38. The smallest absolute Gasteiger partial charge is 0.273 e. The van der Waals surface area contributed by atoms with Crippen molar-refractivity contribution in [3.63, 3.8) is 0 Å². The van der Waals surface area contributed by atoms with Gasteiger partial charge < -0.3 is 5.32 Å². The van der Waals surface area contributed by atoms with Gasteiger partial charge >= 0.3 is 0 Å². The van der Waals surface area contributed by atoms with Crippen molar-refractivity contribution in [1.82, 2.24) is 5.32 Å². The third-order valence-corrected chi connectivity index (χ3v) is 4.87. The summed E-state index contributed by atoms with van der Waals surface area (Å²) >= 11 is 3.42. The van der Waals surface area contributed by atoms with Crippen molar-refractivity contribution in [2.24, 2.45) is 0 Å². The van der Waals surface area contributed by atoms with Crippen LogP contribution in [-0.2, 0) is 0 Å². The number of nitro benzene ring substituents is 1. The largest absolute Gasteiger partial charge is 0.346 e. The number of halogens is 2. The molecule has 0 aliphatic heterocycles. The molecule has 114 valence electrons. The maximum absolute atomic E-state index is 13.4. The maximum atomic E-state index is 13.4. The molecule has 0 unspecified atom stereocenters. The van der Waals surface area contributed by atoms with E-state index in [0.717, 1.165) is 50.3 Å². The number of hydrogen-bond donors (Lipinski definition) is 1. The van der Waals surface area contributed by atoms with Crippen molar-refractivity contribution < 1.29 is 14.1 Å². The minimum Gasteiger partial charge on any atom is -0.346 e. The van der Waals surface area contributed by atoms with Gasteiger partial charge in [-0.05, 0) is 18.9 Å². The van der Waals surface area contributed by atoms with Gasteiger partial charge in [0.15, 0.2) is 0 Å². The zero-order valence-electron chi connectivity index (χ0n) is 11.4. The molecule has 7 heteroatoms. The number of nitro groups is 1. The van der Waals surface area contributed by atoms with Gasteiger partial charge in [-0.2, -0.15) is 0 Å². The van der Waals surface area contributed by atoms with Crippen molar-refractivity contribution in [2.75, 3.05) is 5.33 Å². The molecule has 2 rings (SSSR count). The number of carbonyl (C=O) groups excluding carboxylic acids is 1. The highest BCUT2D eigenvalue weighted by Gasteiger charge is 2.33. The van der Waals surface area contributed by atoms with E-state index in [1.54, 1.807) is 0 Å². The minimum absolute atomic E-state index is 0.0207. The van der Waals surface area contributed by atoms with Gasteiger partial charge in [0.25, 0.3) is 11.6 Å². The van der Waals surface area contributed by atoms with Crippen LogP contribution in [0.4, 0.5) is 10.1 Å². The molecule has 0 aromatic heterocycles. The van der Waals surface area contributed by atoms with E-state index in [1.807, 2.05) is 0 Å². The van der Waals surface area contributed by atoms with Crippen LogP contribution in [0.1, 0.15) is 42.5 Å². The number of nitrogens with one attached hydrogen (secondary N) is 1. The summed E-state index contributed by atoms with van der Waals surface area (Å²) in [6, 6.07) is 2.92. The maximum Gasteiger partial charge on any atom is 0.273 e. The molecule has 1 saturated carbocycles. The number of nitrogens with zero attached hydrogens (tertiary/aromatic N) is 1. The number of hydrogen-bond acceptors (Lipinski definition) is 3. The van der Waals surface area contributed by atoms with E-state index < -0.39 is 22.3 Å². The number of non-ortho nitro benzene ring substituents is 1. The molecular weight excluding hydrogens is 343 g/mol. The molecule has 0 spiro atoms. The molecule has 1 amide bonds. The van der Waals surface area contributed by atoms with E-state index in [-0.39, 0.29) is 11.1 Å². The summed E-state index contributed by atoms with van der Waals surface area (Å²) in [6.07, 6.45) is 4.88. The highest BCUT2D eigenvalue weighted by Crippen LogP contribution is 2.30. The Hall–Kier alpha value is -1.50. The Morgan fingerprint density at radius 1 is 1.33 bits per heavy atom. The Morgan fingerprint density at radius 3 is 2.57 bits per heavy atom. The summed E-state index contributed by atoms with van der Waals surface area (Å²) in [5, 5.41) is 14.3. The fourth-order valence-corrected chi connectivity index (χ4v) is 3.35. The topological polar surface area (TPSA) is 72.2 Å². The second kappa shape index (κ2) is 6.51. The number of rotatable bonds is 4. The minimum atomic E-state index is -0.786. The van der Waals surface area contributed by atoms with Crippen LogP contribution >= 0.6 is 15.9 Å². The Labute approximate surface area is 130 Å². The molecule has 1 fully saturated rings. The Bertz CT molecular complexity index is 559. The lowest BCUT2D eigenvalue weighted by atomic mass is 9.83. The van der Waals surface area contributed by atoms with Crippen molar-refractivity contribution in [3.8, 4) is 0 Å². The Balaban J connectivity index is 2.21. The van der Waals surface area contributed by atoms with Crippen LogP contribution in [0.15, 0.2) is 18.2 Å². The number of benzene rings is 1. The van der Waals surface area contributed by atoms with Crippen molar-refractivity contribution in [3.05, 3.63) is 39.7 Å². The third-order valence-electron chi connectivity index (χ3n) is 3.80. The predicted molar refractivity (Wildman–Crippen MR) is 80.1 cm³/mol. The molecule has 0 atom stereocenters. The third kappa shape index (κ3) is 3.78. The molecule has 5 nitrogen and oxygen atoms in total. The molecule has 0 radical (unpaired) electrons. The fraction of sp³-hybridized carbons (Fsp3) is 0.500. The van der Waals surface area contributed by atoms with Crippen LogP contribution < -0.4 is 5.32 Å². The first kappa shape index (κ1) is 15.9. The quantitative estimate of drug-likeness (QED) is 0.508. The number of alkyl halides is 1. The lowest BCUT2D eigenvalue weighted by molar-refractivity contribution is -0.385. The molecule has 1 aromatic rings. The zero-order chi connectivity index (χ0) is 15.5. The summed E-state index contributed by atoms with van der Waals surface area (Å²) < 4.78 is 13.4. The summed E-state index contributed by atoms with van der Waals surface area (Å²) in [4.78, 5) is 22.3. The molecule has 21 heavy (non-hydrogen) atoms. The van der Waals surface area contributed by atoms with Gasteiger partial charge in [-0.25, -0.2) is 4.39 Å². The summed E-state index contributed by atoms with van der Waals surface area (Å²) in [7, 11) is 0. The molecule has 1 aromatic carbocycles. The molecular formula is C14H16BrFN2O3. The predicted octanol–water partition coefficient (Wildman–Crippen LogP) is 3.56. The van der Waals surface area contributed by atoms with Crippen molar-refractivity contribution in [2.45, 2.75) is 37.6 Å². The van der Waals surface area contributed by atoms with Crippen molar-refractivity contribution >= 4 is 27.5 Å². The Morgan fingerprint density at radius 2 is 2.00 bits per heavy atom. The average molecular weight is 359 g/mol.